The zero-order chi connectivity index (χ0) is 15.2. The van der Waals surface area contributed by atoms with Gasteiger partial charge >= 0.3 is 0 Å². The third-order valence-electron chi connectivity index (χ3n) is 4.08. The summed E-state index contributed by atoms with van der Waals surface area (Å²) in [6.45, 7) is 8.92. The molecule has 0 aromatic heterocycles. The van der Waals surface area contributed by atoms with Gasteiger partial charge < -0.3 is 14.8 Å². The van der Waals surface area contributed by atoms with Gasteiger partial charge in [0.05, 0.1) is 14.2 Å². The van der Waals surface area contributed by atoms with E-state index >= 15 is 0 Å². The largest absolute Gasteiger partial charge is 0.493 e. The minimum absolute atomic E-state index is 0. The van der Waals surface area contributed by atoms with Crippen LogP contribution in [0.4, 0.5) is 0 Å². The normalized spacial score (nSPS) is 16.2. The van der Waals surface area contributed by atoms with E-state index in [9.17, 15) is 0 Å². The van der Waals surface area contributed by atoms with Crippen molar-refractivity contribution in [3.63, 3.8) is 0 Å². The van der Waals surface area contributed by atoms with Gasteiger partial charge in [0.2, 0.25) is 0 Å². The summed E-state index contributed by atoms with van der Waals surface area (Å²) in [6, 6.07) is 6.78. The van der Waals surface area contributed by atoms with Crippen LogP contribution in [0.2, 0.25) is 0 Å². The minimum atomic E-state index is 0. The van der Waals surface area contributed by atoms with Crippen LogP contribution in [0.25, 0.3) is 0 Å². The van der Waals surface area contributed by atoms with E-state index in [-0.39, 0.29) is 24.8 Å². The summed E-state index contributed by atoms with van der Waals surface area (Å²) in [5, 5.41) is 3.43. The molecule has 0 radical (unpaired) electrons. The molecule has 0 spiro atoms. The van der Waals surface area contributed by atoms with Crippen molar-refractivity contribution < 1.29 is 9.47 Å². The lowest BCUT2D eigenvalue weighted by molar-refractivity contribution is 0.154. The van der Waals surface area contributed by atoms with E-state index in [4.69, 9.17) is 9.47 Å². The molecule has 1 saturated heterocycles. The predicted octanol–water partition coefficient (Wildman–Crippen LogP) is 3.54. The lowest BCUT2D eigenvalue weighted by Gasteiger charge is -2.36. The van der Waals surface area contributed by atoms with E-state index in [2.05, 4.69) is 36.2 Å². The average Bonchev–Trinajstić information content (AvgIpc) is 2.52. The number of nitrogens with one attached hydrogen (secondary N) is 1. The molecule has 0 saturated carbocycles. The summed E-state index contributed by atoms with van der Waals surface area (Å²) in [7, 11) is 3.38. The highest BCUT2D eigenvalue weighted by molar-refractivity contribution is 5.85. The van der Waals surface area contributed by atoms with E-state index in [1.54, 1.807) is 14.2 Å². The van der Waals surface area contributed by atoms with Gasteiger partial charge in [-0.2, -0.15) is 0 Å². The second-order valence-corrected chi connectivity index (χ2v) is 6.05. The van der Waals surface area contributed by atoms with Gasteiger partial charge in [0, 0.05) is 32.2 Å². The van der Waals surface area contributed by atoms with Crippen LogP contribution >= 0.6 is 24.8 Å². The Morgan fingerprint density at radius 3 is 2.17 bits per heavy atom. The Labute approximate surface area is 152 Å². The number of benzene rings is 1. The maximum Gasteiger partial charge on any atom is 0.161 e. The highest BCUT2D eigenvalue weighted by Gasteiger charge is 2.24. The highest BCUT2D eigenvalue weighted by Crippen LogP contribution is 2.34. The SMILES string of the molecule is COc1ccc([C@H](CC(C)C)N2CCNCC2)cc1OC.Cl.Cl. The second kappa shape index (κ2) is 11.0. The quantitative estimate of drug-likeness (QED) is 0.836. The first-order valence-corrected chi connectivity index (χ1v) is 7.82. The molecule has 1 fully saturated rings. The van der Waals surface area contributed by atoms with E-state index in [1.807, 2.05) is 6.07 Å². The Bertz CT molecular complexity index is 452. The molecule has 0 amide bonds. The number of halogens is 2. The second-order valence-electron chi connectivity index (χ2n) is 6.05. The molecule has 0 unspecified atom stereocenters. The summed E-state index contributed by atoms with van der Waals surface area (Å²) < 4.78 is 10.8. The Kier molecular flexibility index (Phi) is 10.7. The monoisotopic (exact) mass is 364 g/mol. The van der Waals surface area contributed by atoms with Gasteiger partial charge in [0.25, 0.3) is 0 Å². The van der Waals surface area contributed by atoms with Crippen LogP contribution in [-0.2, 0) is 0 Å². The standard InChI is InChI=1S/C17H28N2O2.2ClH/c1-13(2)11-15(19-9-7-18-8-10-19)14-5-6-16(20-3)17(12-14)21-4;;/h5-6,12-13,15,18H,7-11H2,1-4H3;2*1H/t15-;;/m0../s1. The maximum absolute atomic E-state index is 5.46. The van der Waals surface area contributed by atoms with Crippen LogP contribution in [0.3, 0.4) is 0 Å². The third kappa shape index (κ3) is 6.03. The Hall–Kier alpha value is -0.680. The predicted molar refractivity (Wildman–Crippen MR) is 101 cm³/mol. The molecule has 1 aromatic rings. The zero-order valence-corrected chi connectivity index (χ0v) is 16.1. The van der Waals surface area contributed by atoms with Gasteiger partial charge in [0.15, 0.2) is 11.5 Å². The first kappa shape index (κ1) is 22.3. The van der Waals surface area contributed by atoms with Crippen LogP contribution in [0.15, 0.2) is 18.2 Å². The fraction of sp³-hybridized carbons (Fsp3) is 0.647. The fourth-order valence-corrected chi connectivity index (χ4v) is 3.00. The summed E-state index contributed by atoms with van der Waals surface area (Å²) >= 11 is 0. The molecule has 1 heterocycles. The first-order chi connectivity index (χ1) is 10.2. The van der Waals surface area contributed by atoms with Crippen molar-refractivity contribution in [1.29, 1.82) is 0 Å². The molecule has 6 heteroatoms. The smallest absolute Gasteiger partial charge is 0.161 e. The molecular formula is C17H30Cl2N2O2. The third-order valence-corrected chi connectivity index (χ3v) is 4.08. The fourth-order valence-electron chi connectivity index (χ4n) is 3.00. The number of ether oxygens (including phenoxy) is 2. The van der Waals surface area contributed by atoms with E-state index in [0.717, 1.165) is 44.1 Å². The van der Waals surface area contributed by atoms with Crippen molar-refractivity contribution in [3.8, 4) is 11.5 Å². The van der Waals surface area contributed by atoms with Gasteiger partial charge in [0.1, 0.15) is 0 Å². The van der Waals surface area contributed by atoms with Crippen molar-refractivity contribution >= 4 is 24.8 Å². The lowest BCUT2D eigenvalue weighted by Crippen LogP contribution is -2.45. The molecule has 1 aromatic carbocycles. The van der Waals surface area contributed by atoms with Gasteiger partial charge in [-0.3, -0.25) is 4.90 Å². The number of hydrogen-bond acceptors (Lipinski definition) is 4. The molecule has 1 atom stereocenters. The van der Waals surface area contributed by atoms with Gasteiger partial charge in [-0.1, -0.05) is 19.9 Å². The van der Waals surface area contributed by atoms with E-state index < -0.39 is 0 Å². The molecule has 4 nitrogen and oxygen atoms in total. The molecule has 0 bridgehead atoms. The van der Waals surface area contributed by atoms with Crippen molar-refractivity contribution in [1.82, 2.24) is 10.2 Å². The van der Waals surface area contributed by atoms with Crippen molar-refractivity contribution in [2.45, 2.75) is 26.3 Å². The number of nitrogens with zero attached hydrogens (tertiary/aromatic N) is 1. The molecule has 1 N–H and O–H groups in total. The minimum Gasteiger partial charge on any atom is -0.493 e. The van der Waals surface area contributed by atoms with Crippen LogP contribution in [0.1, 0.15) is 31.9 Å². The topological polar surface area (TPSA) is 33.7 Å². The lowest BCUT2D eigenvalue weighted by atomic mass is 9.94. The molecular weight excluding hydrogens is 335 g/mol. The Morgan fingerprint density at radius 1 is 1.04 bits per heavy atom. The Balaban J connectivity index is 0.00000242. The number of hydrogen-bond donors (Lipinski definition) is 1. The van der Waals surface area contributed by atoms with Crippen LogP contribution in [0.5, 0.6) is 11.5 Å². The zero-order valence-electron chi connectivity index (χ0n) is 14.5. The number of methoxy groups -OCH3 is 2. The molecule has 1 aliphatic rings. The van der Waals surface area contributed by atoms with Gasteiger partial charge in [-0.15, -0.1) is 24.8 Å². The van der Waals surface area contributed by atoms with Crippen LogP contribution < -0.4 is 14.8 Å². The Morgan fingerprint density at radius 2 is 1.65 bits per heavy atom. The maximum atomic E-state index is 5.46. The molecule has 23 heavy (non-hydrogen) atoms. The molecule has 134 valence electrons. The number of rotatable bonds is 6. The summed E-state index contributed by atoms with van der Waals surface area (Å²) in [5.41, 5.74) is 1.32. The van der Waals surface area contributed by atoms with E-state index in [1.165, 1.54) is 5.56 Å². The van der Waals surface area contributed by atoms with E-state index in [0.29, 0.717) is 12.0 Å². The number of piperazine rings is 1. The average molecular weight is 365 g/mol. The highest BCUT2D eigenvalue weighted by atomic mass is 35.5. The summed E-state index contributed by atoms with van der Waals surface area (Å²) in [4.78, 5) is 2.58. The molecule has 0 aliphatic carbocycles. The van der Waals surface area contributed by atoms with Crippen LogP contribution in [0, 0.1) is 5.92 Å². The van der Waals surface area contributed by atoms with Crippen LogP contribution in [-0.4, -0.2) is 45.3 Å². The van der Waals surface area contributed by atoms with Crippen molar-refractivity contribution in [2.75, 3.05) is 40.4 Å². The van der Waals surface area contributed by atoms with Crippen molar-refractivity contribution in [2.24, 2.45) is 5.92 Å². The summed E-state index contributed by atoms with van der Waals surface area (Å²) in [5.74, 6) is 2.28. The molecule has 2 rings (SSSR count). The summed E-state index contributed by atoms with van der Waals surface area (Å²) in [6.07, 6.45) is 1.16. The molecule has 1 aliphatic heterocycles. The first-order valence-electron chi connectivity index (χ1n) is 7.82. The van der Waals surface area contributed by atoms with Gasteiger partial charge in [-0.25, -0.2) is 0 Å². The van der Waals surface area contributed by atoms with Gasteiger partial charge in [-0.05, 0) is 30.0 Å². The van der Waals surface area contributed by atoms with Crippen molar-refractivity contribution in [3.05, 3.63) is 23.8 Å².